The number of benzene rings is 1. The summed E-state index contributed by atoms with van der Waals surface area (Å²) in [6.07, 6.45) is 2.03. The zero-order chi connectivity index (χ0) is 13.8. The first-order chi connectivity index (χ1) is 9.11. The fraction of sp³-hybridized carbons (Fsp3) is 0.467. The largest absolute Gasteiger partial charge is 0.465 e. The molecular formula is C15H17ClO3. The number of ether oxygens (including phenoxy) is 1. The van der Waals surface area contributed by atoms with Crippen molar-refractivity contribution < 1.29 is 14.3 Å². The Labute approximate surface area is 117 Å². The number of Topliss-reactive ketones (excluding diaryl/α,β-unsaturated/α-hetero) is 1. The molecule has 0 heterocycles. The summed E-state index contributed by atoms with van der Waals surface area (Å²) in [7, 11) is 0. The Morgan fingerprint density at radius 3 is 2.63 bits per heavy atom. The number of carbonyl (C=O) groups is 2. The minimum Gasteiger partial charge on any atom is -0.465 e. The van der Waals surface area contributed by atoms with Crippen LogP contribution in [0.4, 0.5) is 0 Å². The quantitative estimate of drug-likeness (QED) is 0.629. The van der Waals surface area contributed by atoms with Crippen LogP contribution in [-0.2, 0) is 20.7 Å². The zero-order valence-corrected chi connectivity index (χ0v) is 11.7. The second-order valence-electron chi connectivity index (χ2n) is 4.81. The van der Waals surface area contributed by atoms with Crippen LogP contribution in [0.2, 0.25) is 5.02 Å². The van der Waals surface area contributed by atoms with Gasteiger partial charge < -0.3 is 4.74 Å². The second-order valence-corrected chi connectivity index (χ2v) is 5.25. The van der Waals surface area contributed by atoms with Crippen LogP contribution in [0.25, 0.3) is 0 Å². The molecule has 3 nitrogen and oxygen atoms in total. The van der Waals surface area contributed by atoms with Crippen molar-refractivity contribution in [1.82, 2.24) is 0 Å². The molecule has 0 spiro atoms. The van der Waals surface area contributed by atoms with Crippen molar-refractivity contribution >= 4 is 23.4 Å². The smallest absolute Gasteiger partial charge is 0.316 e. The average Bonchev–Trinajstić information content (AvgIpc) is 2.74. The molecule has 4 heteroatoms. The van der Waals surface area contributed by atoms with Crippen molar-refractivity contribution in [2.75, 3.05) is 6.61 Å². The lowest BCUT2D eigenvalue weighted by atomic mass is 9.95. The number of halogens is 1. The van der Waals surface area contributed by atoms with Gasteiger partial charge in [0.15, 0.2) is 0 Å². The van der Waals surface area contributed by atoms with E-state index < -0.39 is 5.92 Å². The van der Waals surface area contributed by atoms with E-state index in [2.05, 4.69) is 0 Å². The van der Waals surface area contributed by atoms with Gasteiger partial charge in [-0.25, -0.2) is 0 Å². The molecule has 2 rings (SSSR count). The zero-order valence-electron chi connectivity index (χ0n) is 10.9. The Bertz CT molecular complexity index is 467. The number of hydrogen-bond donors (Lipinski definition) is 0. The van der Waals surface area contributed by atoms with Crippen LogP contribution in [0.3, 0.4) is 0 Å². The molecule has 0 bridgehead atoms. The van der Waals surface area contributed by atoms with Gasteiger partial charge in [-0.2, -0.15) is 0 Å². The van der Waals surface area contributed by atoms with Gasteiger partial charge in [0.25, 0.3) is 0 Å². The maximum absolute atomic E-state index is 12.2. The van der Waals surface area contributed by atoms with Gasteiger partial charge in [-0.3, -0.25) is 9.59 Å². The van der Waals surface area contributed by atoms with E-state index in [-0.39, 0.29) is 17.7 Å². The van der Waals surface area contributed by atoms with Crippen LogP contribution < -0.4 is 0 Å². The van der Waals surface area contributed by atoms with Crippen molar-refractivity contribution in [2.24, 2.45) is 11.8 Å². The predicted octanol–water partition coefficient (Wildman–Crippen LogP) is 3.04. The van der Waals surface area contributed by atoms with E-state index in [9.17, 15) is 9.59 Å². The lowest BCUT2D eigenvalue weighted by Gasteiger charge is -2.10. The number of rotatable bonds is 4. The molecule has 2 atom stereocenters. The van der Waals surface area contributed by atoms with E-state index in [1.54, 1.807) is 6.92 Å². The highest BCUT2D eigenvalue weighted by Crippen LogP contribution is 2.31. The van der Waals surface area contributed by atoms with E-state index in [4.69, 9.17) is 16.3 Å². The monoisotopic (exact) mass is 280 g/mol. The highest BCUT2D eigenvalue weighted by atomic mass is 35.5. The SMILES string of the molecule is CCOC(=O)C1CCC(Cc2ccc(Cl)cc2)C1=O. The van der Waals surface area contributed by atoms with E-state index in [0.717, 1.165) is 12.0 Å². The molecule has 0 N–H and O–H groups in total. The first-order valence-corrected chi connectivity index (χ1v) is 6.94. The van der Waals surface area contributed by atoms with Crippen molar-refractivity contribution in [2.45, 2.75) is 26.2 Å². The van der Waals surface area contributed by atoms with Gasteiger partial charge in [0.05, 0.1) is 6.61 Å². The van der Waals surface area contributed by atoms with Crippen molar-refractivity contribution in [1.29, 1.82) is 0 Å². The Morgan fingerprint density at radius 1 is 1.32 bits per heavy atom. The molecule has 1 fully saturated rings. The highest BCUT2D eigenvalue weighted by Gasteiger charge is 2.39. The maximum Gasteiger partial charge on any atom is 0.316 e. The van der Waals surface area contributed by atoms with Crippen LogP contribution >= 0.6 is 11.6 Å². The van der Waals surface area contributed by atoms with Gasteiger partial charge in [0, 0.05) is 10.9 Å². The fourth-order valence-electron chi connectivity index (χ4n) is 2.52. The van der Waals surface area contributed by atoms with E-state index >= 15 is 0 Å². The molecule has 0 aliphatic heterocycles. The fourth-order valence-corrected chi connectivity index (χ4v) is 2.65. The van der Waals surface area contributed by atoms with Gasteiger partial charge in [-0.15, -0.1) is 0 Å². The molecular weight excluding hydrogens is 264 g/mol. The molecule has 0 amide bonds. The molecule has 2 unspecified atom stereocenters. The summed E-state index contributed by atoms with van der Waals surface area (Å²) in [4.78, 5) is 23.8. The van der Waals surface area contributed by atoms with Crippen molar-refractivity contribution in [3.05, 3.63) is 34.9 Å². The second kappa shape index (κ2) is 6.20. The summed E-state index contributed by atoms with van der Waals surface area (Å²) in [6, 6.07) is 7.49. The summed E-state index contributed by atoms with van der Waals surface area (Å²) in [5, 5.41) is 0.686. The van der Waals surface area contributed by atoms with E-state index in [1.165, 1.54) is 0 Å². The normalized spacial score (nSPS) is 22.5. The third-order valence-electron chi connectivity index (χ3n) is 3.52. The molecule has 1 aromatic rings. The molecule has 102 valence electrons. The molecule has 0 aromatic heterocycles. The standard InChI is InChI=1S/C15H17ClO3/c1-2-19-15(18)13-8-5-11(14(13)17)9-10-3-6-12(16)7-4-10/h3-4,6-7,11,13H,2,5,8-9H2,1H3. The Kier molecular flexibility index (Phi) is 4.59. The van der Waals surface area contributed by atoms with Crippen LogP contribution in [0.1, 0.15) is 25.3 Å². The first-order valence-electron chi connectivity index (χ1n) is 6.56. The third-order valence-corrected chi connectivity index (χ3v) is 3.77. The average molecular weight is 281 g/mol. The summed E-state index contributed by atoms with van der Waals surface area (Å²) in [6.45, 7) is 2.08. The molecule has 1 aliphatic carbocycles. The number of esters is 1. The number of hydrogen-bond acceptors (Lipinski definition) is 3. The lowest BCUT2D eigenvalue weighted by Crippen LogP contribution is -2.25. The Morgan fingerprint density at radius 2 is 2.00 bits per heavy atom. The van der Waals surface area contributed by atoms with E-state index in [0.29, 0.717) is 24.5 Å². The summed E-state index contributed by atoms with van der Waals surface area (Å²) >= 11 is 5.83. The van der Waals surface area contributed by atoms with Crippen LogP contribution in [0.15, 0.2) is 24.3 Å². The molecule has 0 radical (unpaired) electrons. The molecule has 1 aromatic carbocycles. The Balaban J connectivity index is 1.98. The Hall–Kier alpha value is -1.35. The molecule has 1 aliphatic rings. The summed E-state index contributed by atoms with van der Waals surface area (Å²) in [5.74, 6) is -0.979. The summed E-state index contributed by atoms with van der Waals surface area (Å²) < 4.78 is 4.93. The highest BCUT2D eigenvalue weighted by molar-refractivity contribution is 6.30. The minimum atomic E-state index is -0.558. The van der Waals surface area contributed by atoms with Gasteiger partial charge in [-0.1, -0.05) is 23.7 Å². The third kappa shape index (κ3) is 3.35. The number of carbonyl (C=O) groups excluding carboxylic acids is 2. The molecule has 19 heavy (non-hydrogen) atoms. The van der Waals surface area contributed by atoms with Crippen LogP contribution in [-0.4, -0.2) is 18.4 Å². The minimum absolute atomic E-state index is 0.0217. The predicted molar refractivity (Wildman–Crippen MR) is 73.0 cm³/mol. The lowest BCUT2D eigenvalue weighted by molar-refractivity contribution is -0.150. The van der Waals surface area contributed by atoms with Gasteiger partial charge in [-0.05, 0) is 43.9 Å². The van der Waals surface area contributed by atoms with E-state index in [1.807, 2.05) is 24.3 Å². The first kappa shape index (κ1) is 14.1. The van der Waals surface area contributed by atoms with Crippen molar-refractivity contribution in [3.8, 4) is 0 Å². The van der Waals surface area contributed by atoms with Crippen molar-refractivity contribution in [3.63, 3.8) is 0 Å². The molecule has 1 saturated carbocycles. The van der Waals surface area contributed by atoms with Gasteiger partial charge in [0.1, 0.15) is 11.7 Å². The van der Waals surface area contributed by atoms with Crippen LogP contribution in [0.5, 0.6) is 0 Å². The van der Waals surface area contributed by atoms with Gasteiger partial charge in [0.2, 0.25) is 0 Å². The molecule has 0 saturated heterocycles. The van der Waals surface area contributed by atoms with Gasteiger partial charge >= 0.3 is 5.97 Å². The topological polar surface area (TPSA) is 43.4 Å². The number of ketones is 1. The maximum atomic E-state index is 12.2. The van der Waals surface area contributed by atoms with Crippen LogP contribution in [0, 0.1) is 11.8 Å². The summed E-state index contributed by atoms with van der Waals surface area (Å²) in [5.41, 5.74) is 1.08.